The molecular formula is C15H20N2O2. The summed E-state index contributed by atoms with van der Waals surface area (Å²) in [7, 11) is 1.81. The molecular weight excluding hydrogens is 240 g/mol. The van der Waals surface area contributed by atoms with Gasteiger partial charge in [-0.2, -0.15) is 0 Å². The number of benzene rings is 1. The Labute approximate surface area is 114 Å². The van der Waals surface area contributed by atoms with E-state index in [4.69, 9.17) is 0 Å². The van der Waals surface area contributed by atoms with E-state index in [1.54, 1.807) is 11.9 Å². The van der Waals surface area contributed by atoms with Crippen molar-refractivity contribution >= 4 is 17.5 Å². The van der Waals surface area contributed by atoms with Crippen LogP contribution in [0.3, 0.4) is 0 Å². The van der Waals surface area contributed by atoms with Gasteiger partial charge >= 0.3 is 0 Å². The summed E-state index contributed by atoms with van der Waals surface area (Å²) in [6, 6.07) is 7.72. The van der Waals surface area contributed by atoms with E-state index >= 15 is 0 Å². The number of rotatable bonds is 4. The predicted octanol–water partition coefficient (Wildman–Crippen LogP) is 1.83. The van der Waals surface area contributed by atoms with Crippen molar-refractivity contribution in [2.45, 2.75) is 26.2 Å². The van der Waals surface area contributed by atoms with Gasteiger partial charge in [-0.15, -0.1) is 0 Å². The van der Waals surface area contributed by atoms with Gasteiger partial charge in [-0.25, -0.2) is 0 Å². The maximum Gasteiger partial charge on any atom is 0.227 e. The summed E-state index contributed by atoms with van der Waals surface area (Å²) in [5.74, 6) is 0.307. The highest BCUT2D eigenvalue weighted by Crippen LogP contribution is 2.21. The summed E-state index contributed by atoms with van der Waals surface area (Å²) >= 11 is 0. The lowest BCUT2D eigenvalue weighted by atomic mass is 10.1. The molecule has 102 valence electrons. The van der Waals surface area contributed by atoms with Crippen LogP contribution in [0.4, 0.5) is 5.69 Å². The van der Waals surface area contributed by atoms with Crippen molar-refractivity contribution < 1.29 is 9.59 Å². The molecule has 1 heterocycles. The van der Waals surface area contributed by atoms with Gasteiger partial charge in [-0.05, 0) is 31.0 Å². The number of hydrogen-bond acceptors (Lipinski definition) is 2. The first-order valence-corrected chi connectivity index (χ1v) is 6.75. The molecule has 1 saturated heterocycles. The van der Waals surface area contributed by atoms with Gasteiger partial charge in [0.25, 0.3) is 0 Å². The molecule has 1 fully saturated rings. The summed E-state index contributed by atoms with van der Waals surface area (Å²) in [5.41, 5.74) is 1.92. The van der Waals surface area contributed by atoms with Gasteiger partial charge in [-0.3, -0.25) is 9.59 Å². The lowest BCUT2D eigenvalue weighted by Crippen LogP contribution is -2.27. The first-order valence-electron chi connectivity index (χ1n) is 6.75. The van der Waals surface area contributed by atoms with Crippen LogP contribution in [0.1, 0.15) is 25.3 Å². The van der Waals surface area contributed by atoms with Gasteiger partial charge < -0.3 is 9.80 Å². The van der Waals surface area contributed by atoms with Crippen LogP contribution in [0.5, 0.6) is 0 Å². The molecule has 0 N–H and O–H groups in total. The second kappa shape index (κ2) is 5.87. The molecule has 4 heteroatoms. The minimum Gasteiger partial charge on any atom is -0.346 e. The largest absolute Gasteiger partial charge is 0.346 e. The van der Waals surface area contributed by atoms with Crippen molar-refractivity contribution in [3.05, 3.63) is 29.8 Å². The van der Waals surface area contributed by atoms with E-state index in [1.807, 2.05) is 36.1 Å². The minimum absolute atomic E-state index is 0.118. The summed E-state index contributed by atoms with van der Waals surface area (Å²) < 4.78 is 0. The van der Waals surface area contributed by atoms with Crippen molar-refractivity contribution in [3.63, 3.8) is 0 Å². The van der Waals surface area contributed by atoms with Gasteiger partial charge in [0.15, 0.2) is 0 Å². The molecule has 4 nitrogen and oxygen atoms in total. The summed E-state index contributed by atoms with van der Waals surface area (Å²) in [6.07, 6.45) is 1.99. The zero-order chi connectivity index (χ0) is 13.8. The Balaban J connectivity index is 2.02. The highest BCUT2D eigenvalue weighted by molar-refractivity contribution is 5.95. The second-order valence-corrected chi connectivity index (χ2v) is 4.90. The third-order valence-corrected chi connectivity index (χ3v) is 3.58. The molecule has 0 aromatic heterocycles. The monoisotopic (exact) mass is 260 g/mol. The third kappa shape index (κ3) is 3.13. The zero-order valence-electron chi connectivity index (χ0n) is 11.6. The third-order valence-electron chi connectivity index (χ3n) is 3.58. The number of amides is 2. The van der Waals surface area contributed by atoms with Crippen molar-refractivity contribution in [2.75, 3.05) is 25.0 Å². The van der Waals surface area contributed by atoms with Crippen LogP contribution in [0, 0.1) is 0 Å². The molecule has 0 atom stereocenters. The molecule has 0 unspecified atom stereocenters. The Morgan fingerprint density at radius 2 is 2.00 bits per heavy atom. The zero-order valence-corrected chi connectivity index (χ0v) is 11.6. The molecule has 0 bridgehead atoms. The molecule has 1 aliphatic rings. The van der Waals surface area contributed by atoms with E-state index in [2.05, 4.69) is 0 Å². The van der Waals surface area contributed by atoms with Gasteiger partial charge in [0.05, 0.1) is 6.42 Å². The van der Waals surface area contributed by atoms with Gasteiger partial charge in [0.1, 0.15) is 0 Å². The fourth-order valence-electron chi connectivity index (χ4n) is 2.20. The fraction of sp³-hybridized carbons (Fsp3) is 0.467. The van der Waals surface area contributed by atoms with Crippen LogP contribution < -0.4 is 4.90 Å². The number of carbonyl (C=O) groups is 2. The summed E-state index contributed by atoms with van der Waals surface area (Å²) in [4.78, 5) is 26.9. The number of anilines is 1. The number of carbonyl (C=O) groups excluding carboxylic acids is 2. The number of likely N-dealkylation sites (N-methyl/N-ethyl adjacent to an activating group) is 1. The molecule has 0 spiro atoms. The van der Waals surface area contributed by atoms with Crippen LogP contribution in [-0.2, 0) is 16.0 Å². The number of nitrogens with zero attached hydrogens (tertiary/aromatic N) is 2. The predicted molar refractivity (Wildman–Crippen MR) is 75.0 cm³/mol. The molecule has 0 saturated carbocycles. The van der Waals surface area contributed by atoms with E-state index in [-0.39, 0.29) is 11.8 Å². The smallest absolute Gasteiger partial charge is 0.227 e. The van der Waals surface area contributed by atoms with Gasteiger partial charge in [0, 0.05) is 32.2 Å². The van der Waals surface area contributed by atoms with Crippen LogP contribution in [0.25, 0.3) is 0 Å². The molecule has 2 amide bonds. The Morgan fingerprint density at radius 3 is 2.53 bits per heavy atom. The van der Waals surface area contributed by atoms with Gasteiger partial charge in [-0.1, -0.05) is 12.1 Å². The Bertz CT molecular complexity index is 468. The Morgan fingerprint density at radius 1 is 1.32 bits per heavy atom. The standard InChI is InChI=1S/C15H20N2O2/c1-3-16(2)15(19)11-12-6-8-13(9-7-12)17-10-4-5-14(17)18/h6-9H,3-5,10-11H2,1-2H3. The maximum atomic E-state index is 11.8. The maximum absolute atomic E-state index is 11.8. The molecule has 0 aliphatic carbocycles. The number of hydrogen-bond donors (Lipinski definition) is 0. The summed E-state index contributed by atoms with van der Waals surface area (Å²) in [6.45, 7) is 3.48. The van der Waals surface area contributed by atoms with Crippen LogP contribution in [0.15, 0.2) is 24.3 Å². The average Bonchev–Trinajstić information content (AvgIpc) is 2.85. The van der Waals surface area contributed by atoms with Crippen LogP contribution in [-0.4, -0.2) is 36.9 Å². The van der Waals surface area contributed by atoms with Crippen LogP contribution in [0.2, 0.25) is 0 Å². The van der Waals surface area contributed by atoms with Crippen molar-refractivity contribution in [2.24, 2.45) is 0 Å². The molecule has 2 rings (SSSR count). The SMILES string of the molecule is CCN(C)C(=O)Cc1ccc(N2CCCC2=O)cc1. The lowest BCUT2D eigenvalue weighted by Gasteiger charge is -2.17. The molecule has 1 aromatic rings. The topological polar surface area (TPSA) is 40.6 Å². The average molecular weight is 260 g/mol. The van der Waals surface area contributed by atoms with Crippen molar-refractivity contribution in [3.8, 4) is 0 Å². The Kier molecular flexibility index (Phi) is 4.20. The lowest BCUT2D eigenvalue weighted by molar-refractivity contribution is -0.129. The highest BCUT2D eigenvalue weighted by Gasteiger charge is 2.21. The quantitative estimate of drug-likeness (QED) is 0.828. The first-order chi connectivity index (χ1) is 9.11. The van der Waals surface area contributed by atoms with E-state index < -0.39 is 0 Å². The van der Waals surface area contributed by atoms with E-state index in [0.29, 0.717) is 12.8 Å². The molecule has 0 radical (unpaired) electrons. The van der Waals surface area contributed by atoms with Crippen molar-refractivity contribution in [1.29, 1.82) is 0 Å². The second-order valence-electron chi connectivity index (χ2n) is 4.90. The van der Waals surface area contributed by atoms with E-state index in [0.717, 1.165) is 30.8 Å². The molecule has 19 heavy (non-hydrogen) atoms. The first kappa shape index (κ1) is 13.6. The summed E-state index contributed by atoms with van der Waals surface area (Å²) in [5, 5.41) is 0. The fourth-order valence-corrected chi connectivity index (χ4v) is 2.20. The Hall–Kier alpha value is -1.84. The van der Waals surface area contributed by atoms with Gasteiger partial charge in [0.2, 0.25) is 11.8 Å². The minimum atomic E-state index is 0.118. The van der Waals surface area contributed by atoms with Crippen molar-refractivity contribution in [1.82, 2.24) is 4.90 Å². The highest BCUT2D eigenvalue weighted by atomic mass is 16.2. The molecule has 1 aliphatic heterocycles. The normalized spacial score (nSPS) is 14.8. The van der Waals surface area contributed by atoms with E-state index in [9.17, 15) is 9.59 Å². The van der Waals surface area contributed by atoms with E-state index in [1.165, 1.54) is 0 Å². The van der Waals surface area contributed by atoms with Crippen LogP contribution >= 0.6 is 0 Å². The molecule has 1 aromatic carbocycles.